The van der Waals surface area contributed by atoms with E-state index in [0.717, 1.165) is 0 Å². The van der Waals surface area contributed by atoms with Crippen LogP contribution in [-0.4, -0.2) is 54.7 Å². The number of aliphatic hydroxyl groups excluding tert-OH is 1. The zero-order chi connectivity index (χ0) is 15.8. The molecule has 0 bridgehead atoms. The molecule has 0 fully saturated rings. The summed E-state index contributed by atoms with van der Waals surface area (Å²) in [6, 6.07) is -0.306. The Bertz CT molecular complexity index is 312. The van der Waals surface area contributed by atoms with E-state index in [1.807, 2.05) is 0 Å². The van der Waals surface area contributed by atoms with E-state index >= 15 is 0 Å². The highest BCUT2D eigenvalue weighted by atomic mass is 16.6. The minimum absolute atomic E-state index is 0.149. The maximum atomic E-state index is 11.4. The second kappa shape index (κ2) is 8.76. The molecule has 0 rings (SSSR count). The van der Waals surface area contributed by atoms with Gasteiger partial charge >= 0.3 is 12.1 Å². The van der Waals surface area contributed by atoms with Gasteiger partial charge in [-0.3, -0.25) is 0 Å². The molecule has 0 radical (unpaired) electrons. The number of hydrogen-bond acceptors (Lipinski definition) is 6. The minimum atomic E-state index is -1.32. The number of ether oxygens (including phenoxy) is 3. The molecule has 20 heavy (non-hydrogen) atoms. The summed E-state index contributed by atoms with van der Waals surface area (Å²) in [6.45, 7) is 8.84. The van der Waals surface area contributed by atoms with Crippen LogP contribution in [0.2, 0.25) is 0 Å². The summed E-state index contributed by atoms with van der Waals surface area (Å²) >= 11 is 0. The Morgan fingerprint density at radius 3 is 2.35 bits per heavy atom. The lowest BCUT2D eigenvalue weighted by molar-refractivity contribution is -0.156. The topological polar surface area (TPSA) is 94.1 Å². The molecule has 7 heteroatoms. The van der Waals surface area contributed by atoms with Gasteiger partial charge in [0.2, 0.25) is 0 Å². The van der Waals surface area contributed by atoms with Gasteiger partial charge < -0.3 is 24.6 Å². The number of carbonyl (C=O) groups is 2. The molecule has 2 unspecified atom stereocenters. The third kappa shape index (κ3) is 9.57. The number of hydrogen-bond donors (Lipinski definition) is 2. The number of carbonyl (C=O) groups excluding carboxylic acids is 2. The molecule has 118 valence electrons. The zero-order valence-corrected chi connectivity index (χ0v) is 12.8. The van der Waals surface area contributed by atoms with Gasteiger partial charge in [0.05, 0.1) is 25.9 Å². The third-order valence-electron chi connectivity index (χ3n) is 1.97. The van der Waals surface area contributed by atoms with Crippen molar-refractivity contribution in [1.29, 1.82) is 0 Å². The van der Waals surface area contributed by atoms with Gasteiger partial charge in [0.25, 0.3) is 0 Å². The van der Waals surface area contributed by atoms with Crippen LogP contribution in [0, 0.1) is 0 Å². The maximum Gasteiger partial charge on any atom is 0.407 e. The van der Waals surface area contributed by atoms with Gasteiger partial charge in [-0.1, -0.05) is 0 Å². The number of nitrogens with one attached hydrogen (secondary N) is 1. The third-order valence-corrected chi connectivity index (χ3v) is 1.97. The van der Waals surface area contributed by atoms with Crippen LogP contribution in [0.3, 0.4) is 0 Å². The highest BCUT2D eigenvalue weighted by Crippen LogP contribution is 2.06. The molecule has 0 aliphatic rings. The average Bonchev–Trinajstić information content (AvgIpc) is 2.26. The van der Waals surface area contributed by atoms with Gasteiger partial charge in [0.1, 0.15) is 5.60 Å². The Morgan fingerprint density at radius 1 is 1.25 bits per heavy atom. The van der Waals surface area contributed by atoms with Crippen molar-refractivity contribution in [3.8, 4) is 0 Å². The number of amides is 1. The van der Waals surface area contributed by atoms with Crippen LogP contribution in [0.5, 0.6) is 0 Å². The van der Waals surface area contributed by atoms with Crippen molar-refractivity contribution in [2.24, 2.45) is 0 Å². The number of rotatable bonds is 7. The molecule has 0 aliphatic heterocycles. The van der Waals surface area contributed by atoms with Crippen molar-refractivity contribution in [2.45, 2.75) is 52.4 Å². The monoisotopic (exact) mass is 291 g/mol. The Hall–Kier alpha value is -1.34. The zero-order valence-electron chi connectivity index (χ0n) is 12.8. The first kappa shape index (κ1) is 18.7. The van der Waals surface area contributed by atoms with Crippen LogP contribution in [-0.2, 0) is 19.0 Å². The minimum Gasteiger partial charge on any atom is -0.464 e. The van der Waals surface area contributed by atoms with E-state index in [-0.39, 0.29) is 25.9 Å². The molecule has 0 spiro atoms. The Balaban J connectivity index is 3.86. The normalized spacial score (nSPS) is 14.3. The fraction of sp³-hybridized carbons (Fsp3) is 0.846. The van der Waals surface area contributed by atoms with Crippen LogP contribution in [0.25, 0.3) is 0 Å². The first-order valence-electron chi connectivity index (χ1n) is 6.57. The van der Waals surface area contributed by atoms with Gasteiger partial charge in [-0.25, -0.2) is 9.59 Å². The molecule has 0 saturated heterocycles. The average molecular weight is 291 g/mol. The summed E-state index contributed by atoms with van der Waals surface area (Å²) < 4.78 is 14.8. The van der Waals surface area contributed by atoms with E-state index < -0.39 is 23.8 Å². The molecule has 0 aliphatic carbocycles. The van der Waals surface area contributed by atoms with Crippen molar-refractivity contribution >= 4 is 12.1 Å². The lowest BCUT2D eigenvalue weighted by atomic mass is 10.2. The standard InChI is InChI=1S/C13H25NO6/c1-6-19-11(16)10(15)8-18-7-9(2)14-12(17)20-13(3,4)5/h9-10,15H,6-8H2,1-5H3,(H,14,17). The van der Waals surface area contributed by atoms with E-state index in [2.05, 4.69) is 10.1 Å². The van der Waals surface area contributed by atoms with E-state index in [4.69, 9.17) is 9.47 Å². The maximum absolute atomic E-state index is 11.4. The summed E-state index contributed by atoms with van der Waals surface area (Å²) in [5.41, 5.74) is -0.565. The SMILES string of the molecule is CCOC(=O)C(O)COCC(C)NC(=O)OC(C)(C)C. The Kier molecular flexibility index (Phi) is 8.17. The van der Waals surface area contributed by atoms with Crippen LogP contribution < -0.4 is 5.32 Å². The second-order valence-electron chi connectivity index (χ2n) is 5.35. The van der Waals surface area contributed by atoms with Crippen LogP contribution in [0.4, 0.5) is 4.79 Å². The summed E-state index contributed by atoms with van der Waals surface area (Å²) in [6.07, 6.45) is -1.86. The molecule has 0 heterocycles. The molecule has 0 aromatic heterocycles. The fourth-order valence-electron chi connectivity index (χ4n) is 1.21. The van der Waals surface area contributed by atoms with Gasteiger partial charge in [-0.15, -0.1) is 0 Å². The van der Waals surface area contributed by atoms with Gasteiger partial charge in [0, 0.05) is 0 Å². The summed E-state index contributed by atoms with van der Waals surface area (Å²) in [7, 11) is 0. The predicted octanol–water partition coefficient (Wildman–Crippen LogP) is 0.840. The first-order chi connectivity index (χ1) is 9.15. The van der Waals surface area contributed by atoms with Gasteiger partial charge in [-0.05, 0) is 34.6 Å². The van der Waals surface area contributed by atoms with Gasteiger partial charge in [-0.2, -0.15) is 0 Å². The Labute approximate surface area is 119 Å². The van der Waals surface area contributed by atoms with Gasteiger partial charge in [0.15, 0.2) is 6.10 Å². The van der Waals surface area contributed by atoms with Crippen molar-refractivity contribution in [3.05, 3.63) is 0 Å². The summed E-state index contributed by atoms with van der Waals surface area (Å²) in [5.74, 6) is -0.722. The number of alkyl carbamates (subject to hydrolysis) is 1. The molecule has 0 aromatic rings. The quantitative estimate of drug-likeness (QED) is 0.675. The largest absolute Gasteiger partial charge is 0.464 e. The van der Waals surface area contributed by atoms with Crippen LogP contribution >= 0.6 is 0 Å². The van der Waals surface area contributed by atoms with Crippen molar-refractivity contribution in [2.75, 3.05) is 19.8 Å². The van der Waals surface area contributed by atoms with Crippen LogP contribution in [0.1, 0.15) is 34.6 Å². The lowest BCUT2D eigenvalue weighted by Gasteiger charge is -2.22. The molecule has 2 atom stereocenters. The molecule has 7 nitrogen and oxygen atoms in total. The molecular weight excluding hydrogens is 266 g/mol. The van der Waals surface area contributed by atoms with Crippen molar-refractivity contribution in [1.82, 2.24) is 5.32 Å². The molecule has 0 aromatic carbocycles. The van der Waals surface area contributed by atoms with Crippen molar-refractivity contribution < 1.29 is 28.9 Å². The summed E-state index contributed by atoms with van der Waals surface area (Å²) in [5, 5.41) is 12.0. The Morgan fingerprint density at radius 2 is 1.85 bits per heavy atom. The summed E-state index contributed by atoms with van der Waals surface area (Å²) in [4.78, 5) is 22.6. The molecule has 2 N–H and O–H groups in total. The molecule has 1 amide bonds. The van der Waals surface area contributed by atoms with Crippen LogP contribution in [0.15, 0.2) is 0 Å². The molecular formula is C13H25NO6. The smallest absolute Gasteiger partial charge is 0.407 e. The van der Waals surface area contributed by atoms with E-state index in [9.17, 15) is 14.7 Å². The van der Waals surface area contributed by atoms with Crippen molar-refractivity contribution in [3.63, 3.8) is 0 Å². The second-order valence-corrected chi connectivity index (χ2v) is 5.35. The van der Waals surface area contributed by atoms with E-state index in [1.165, 1.54) is 0 Å². The highest BCUT2D eigenvalue weighted by Gasteiger charge is 2.19. The van der Waals surface area contributed by atoms with E-state index in [1.54, 1.807) is 34.6 Å². The molecule has 0 saturated carbocycles. The number of esters is 1. The first-order valence-corrected chi connectivity index (χ1v) is 6.57. The number of aliphatic hydroxyl groups is 1. The lowest BCUT2D eigenvalue weighted by Crippen LogP contribution is -2.40. The highest BCUT2D eigenvalue weighted by molar-refractivity contribution is 5.74. The predicted molar refractivity (Wildman–Crippen MR) is 72.3 cm³/mol. The fourth-order valence-corrected chi connectivity index (χ4v) is 1.21. The van der Waals surface area contributed by atoms with E-state index in [0.29, 0.717) is 0 Å².